The lowest BCUT2D eigenvalue weighted by Gasteiger charge is -2.36. The van der Waals surface area contributed by atoms with Gasteiger partial charge in [-0.1, -0.05) is 6.92 Å². The molecule has 0 aromatic carbocycles. The fraction of sp³-hybridized carbons (Fsp3) is 1.00. The minimum Gasteiger partial charge on any atom is -0.328 e. The molecular formula is C12H27N3. The molecule has 3 nitrogen and oxygen atoms in total. The summed E-state index contributed by atoms with van der Waals surface area (Å²) in [6, 6.07) is 1.10. The van der Waals surface area contributed by atoms with Gasteiger partial charge in [0, 0.05) is 18.6 Å². The topological polar surface area (TPSA) is 32.5 Å². The van der Waals surface area contributed by atoms with Crippen molar-refractivity contribution in [3.8, 4) is 0 Å². The molecule has 0 spiro atoms. The number of nitrogens with two attached hydrogens (primary N) is 1. The van der Waals surface area contributed by atoms with Crippen molar-refractivity contribution in [2.75, 3.05) is 33.7 Å². The number of nitrogens with zero attached hydrogens (tertiary/aromatic N) is 2. The van der Waals surface area contributed by atoms with Gasteiger partial charge < -0.3 is 15.5 Å². The molecule has 1 saturated heterocycles. The van der Waals surface area contributed by atoms with Gasteiger partial charge in [-0.3, -0.25) is 0 Å². The lowest BCUT2D eigenvalue weighted by molar-refractivity contribution is 0.129. The van der Waals surface area contributed by atoms with E-state index < -0.39 is 0 Å². The molecule has 1 fully saturated rings. The monoisotopic (exact) mass is 213 g/mol. The van der Waals surface area contributed by atoms with E-state index in [0.717, 1.165) is 12.6 Å². The van der Waals surface area contributed by atoms with Crippen molar-refractivity contribution < 1.29 is 0 Å². The zero-order valence-corrected chi connectivity index (χ0v) is 10.7. The lowest BCUT2D eigenvalue weighted by Crippen LogP contribution is -2.45. The van der Waals surface area contributed by atoms with Gasteiger partial charge in [0.2, 0.25) is 0 Å². The average Bonchev–Trinajstić information content (AvgIpc) is 2.18. The van der Waals surface area contributed by atoms with E-state index in [-0.39, 0.29) is 0 Å². The molecule has 0 aromatic heterocycles. The van der Waals surface area contributed by atoms with Crippen molar-refractivity contribution in [2.24, 2.45) is 11.7 Å². The molecule has 0 radical (unpaired) electrons. The van der Waals surface area contributed by atoms with Crippen LogP contribution >= 0.6 is 0 Å². The second-order valence-electron chi connectivity index (χ2n) is 5.33. The third-order valence-electron chi connectivity index (χ3n) is 3.73. The van der Waals surface area contributed by atoms with Gasteiger partial charge in [-0.25, -0.2) is 0 Å². The summed E-state index contributed by atoms with van der Waals surface area (Å²) in [5.74, 6) is 0.612. The summed E-state index contributed by atoms with van der Waals surface area (Å²) in [6.45, 7) is 8.00. The maximum atomic E-state index is 5.89. The van der Waals surface area contributed by atoms with Crippen LogP contribution in [0, 0.1) is 5.92 Å². The third kappa shape index (κ3) is 4.09. The molecule has 0 aliphatic carbocycles. The van der Waals surface area contributed by atoms with E-state index in [1.165, 1.54) is 25.9 Å². The van der Waals surface area contributed by atoms with Gasteiger partial charge in [0.25, 0.3) is 0 Å². The van der Waals surface area contributed by atoms with Gasteiger partial charge in [-0.15, -0.1) is 0 Å². The highest BCUT2D eigenvalue weighted by Crippen LogP contribution is 2.15. The summed E-state index contributed by atoms with van der Waals surface area (Å²) in [4.78, 5) is 4.92. The lowest BCUT2D eigenvalue weighted by atomic mass is 10.00. The van der Waals surface area contributed by atoms with E-state index in [2.05, 4.69) is 37.7 Å². The average molecular weight is 213 g/mol. The van der Waals surface area contributed by atoms with E-state index >= 15 is 0 Å². The molecule has 2 unspecified atom stereocenters. The molecule has 1 aliphatic rings. The molecule has 2 atom stereocenters. The maximum absolute atomic E-state index is 5.89. The number of likely N-dealkylation sites (tertiary alicyclic amines) is 1. The fourth-order valence-corrected chi connectivity index (χ4v) is 2.19. The molecule has 0 aromatic rings. The SMILES string of the molecule is CC(N)C(C)CN1CCC(N(C)C)CC1. The van der Waals surface area contributed by atoms with Crippen LogP contribution in [0.1, 0.15) is 26.7 Å². The van der Waals surface area contributed by atoms with Crippen molar-refractivity contribution in [2.45, 2.75) is 38.8 Å². The molecule has 0 saturated carbocycles. The molecule has 2 N–H and O–H groups in total. The Labute approximate surface area is 94.6 Å². The van der Waals surface area contributed by atoms with Crippen LogP contribution in [0.25, 0.3) is 0 Å². The van der Waals surface area contributed by atoms with Gasteiger partial charge in [0.1, 0.15) is 0 Å². The predicted molar refractivity (Wildman–Crippen MR) is 66.0 cm³/mol. The Morgan fingerprint density at radius 2 is 1.80 bits per heavy atom. The summed E-state index contributed by atoms with van der Waals surface area (Å²) in [5.41, 5.74) is 5.89. The molecule has 15 heavy (non-hydrogen) atoms. The Bertz CT molecular complexity index is 172. The first-order chi connectivity index (χ1) is 7.00. The Morgan fingerprint density at radius 3 is 2.20 bits per heavy atom. The van der Waals surface area contributed by atoms with E-state index in [1.54, 1.807) is 0 Å². The van der Waals surface area contributed by atoms with Gasteiger partial charge in [0.05, 0.1) is 0 Å². The van der Waals surface area contributed by atoms with E-state index in [1.807, 2.05) is 0 Å². The highest BCUT2D eigenvalue weighted by atomic mass is 15.2. The summed E-state index contributed by atoms with van der Waals surface area (Å²) in [6.07, 6.45) is 2.61. The largest absolute Gasteiger partial charge is 0.328 e. The first-order valence-electron chi connectivity index (χ1n) is 6.15. The van der Waals surface area contributed by atoms with Crippen molar-refractivity contribution in [3.05, 3.63) is 0 Å². The molecular weight excluding hydrogens is 186 g/mol. The first-order valence-corrected chi connectivity index (χ1v) is 6.15. The zero-order valence-electron chi connectivity index (χ0n) is 10.7. The van der Waals surface area contributed by atoms with Crippen LogP contribution in [0.4, 0.5) is 0 Å². The zero-order chi connectivity index (χ0) is 11.4. The van der Waals surface area contributed by atoms with Gasteiger partial charge in [-0.05, 0) is 52.9 Å². The number of piperidine rings is 1. The van der Waals surface area contributed by atoms with Crippen LogP contribution in [-0.4, -0.2) is 55.6 Å². The van der Waals surface area contributed by atoms with Gasteiger partial charge in [0.15, 0.2) is 0 Å². The quantitative estimate of drug-likeness (QED) is 0.756. The molecule has 90 valence electrons. The number of rotatable bonds is 4. The number of hydrogen-bond donors (Lipinski definition) is 1. The normalized spacial score (nSPS) is 24.4. The molecule has 0 bridgehead atoms. The molecule has 1 heterocycles. The summed E-state index contributed by atoms with van der Waals surface area (Å²) in [7, 11) is 4.37. The minimum absolute atomic E-state index is 0.316. The van der Waals surface area contributed by atoms with E-state index in [0.29, 0.717) is 12.0 Å². The molecule has 1 aliphatic heterocycles. The van der Waals surface area contributed by atoms with Crippen LogP contribution in [0.5, 0.6) is 0 Å². The first kappa shape index (κ1) is 12.9. The second kappa shape index (κ2) is 5.83. The smallest absolute Gasteiger partial charge is 0.0113 e. The Hall–Kier alpha value is -0.120. The van der Waals surface area contributed by atoms with Crippen LogP contribution in [0.3, 0.4) is 0 Å². The molecule has 0 amide bonds. The van der Waals surface area contributed by atoms with Crippen LogP contribution < -0.4 is 5.73 Å². The Balaban J connectivity index is 2.25. The molecule has 3 heteroatoms. The van der Waals surface area contributed by atoms with Crippen molar-refractivity contribution >= 4 is 0 Å². The van der Waals surface area contributed by atoms with E-state index in [4.69, 9.17) is 5.73 Å². The Kier molecular flexibility index (Phi) is 5.03. The molecule has 1 rings (SSSR count). The second-order valence-corrected chi connectivity index (χ2v) is 5.33. The standard InChI is InChI=1S/C12H27N3/c1-10(11(2)13)9-15-7-5-12(6-8-15)14(3)4/h10-12H,5-9,13H2,1-4H3. The maximum Gasteiger partial charge on any atom is 0.0113 e. The van der Waals surface area contributed by atoms with Crippen molar-refractivity contribution in [1.82, 2.24) is 9.80 Å². The van der Waals surface area contributed by atoms with Gasteiger partial charge in [-0.2, -0.15) is 0 Å². The van der Waals surface area contributed by atoms with Crippen molar-refractivity contribution in [1.29, 1.82) is 0 Å². The van der Waals surface area contributed by atoms with Crippen LogP contribution in [-0.2, 0) is 0 Å². The fourth-order valence-electron chi connectivity index (χ4n) is 2.19. The van der Waals surface area contributed by atoms with E-state index in [9.17, 15) is 0 Å². The number of hydrogen-bond acceptors (Lipinski definition) is 3. The van der Waals surface area contributed by atoms with Crippen molar-refractivity contribution in [3.63, 3.8) is 0 Å². The predicted octanol–water partition coefficient (Wildman–Crippen LogP) is 0.996. The van der Waals surface area contributed by atoms with Crippen LogP contribution in [0.15, 0.2) is 0 Å². The third-order valence-corrected chi connectivity index (χ3v) is 3.73. The highest BCUT2D eigenvalue weighted by molar-refractivity contribution is 4.79. The summed E-state index contributed by atoms with van der Waals surface area (Å²) < 4.78 is 0. The minimum atomic E-state index is 0.316. The highest BCUT2D eigenvalue weighted by Gasteiger charge is 2.22. The van der Waals surface area contributed by atoms with Gasteiger partial charge >= 0.3 is 0 Å². The Morgan fingerprint density at radius 1 is 1.27 bits per heavy atom. The summed E-state index contributed by atoms with van der Waals surface area (Å²) >= 11 is 0. The summed E-state index contributed by atoms with van der Waals surface area (Å²) in [5, 5.41) is 0. The van der Waals surface area contributed by atoms with Crippen LogP contribution in [0.2, 0.25) is 0 Å².